The average molecular weight is 333 g/mol. The van der Waals surface area contributed by atoms with Crippen molar-refractivity contribution >= 4 is 11.8 Å². The highest BCUT2D eigenvalue weighted by atomic mass is 19.1. The SMILES string of the molecule is O=C(c1ccccc1F)N1CCCN(C(=O)C2CCCNC2)CC1. The van der Waals surface area contributed by atoms with Gasteiger partial charge in [0.25, 0.3) is 5.91 Å². The Morgan fingerprint density at radius 3 is 2.54 bits per heavy atom. The van der Waals surface area contributed by atoms with Crippen molar-refractivity contribution in [2.45, 2.75) is 19.3 Å². The van der Waals surface area contributed by atoms with E-state index in [1.807, 2.05) is 4.90 Å². The minimum Gasteiger partial charge on any atom is -0.341 e. The second kappa shape index (κ2) is 7.75. The molecule has 6 heteroatoms. The smallest absolute Gasteiger partial charge is 0.256 e. The number of hydrogen-bond donors (Lipinski definition) is 1. The van der Waals surface area contributed by atoms with Gasteiger partial charge in [-0.25, -0.2) is 4.39 Å². The normalized spacial score (nSPS) is 22.1. The number of carbonyl (C=O) groups excluding carboxylic acids is 2. The van der Waals surface area contributed by atoms with Crippen LogP contribution in [0.5, 0.6) is 0 Å². The molecule has 0 aliphatic carbocycles. The lowest BCUT2D eigenvalue weighted by atomic mass is 9.98. The summed E-state index contributed by atoms with van der Waals surface area (Å²) in [5.74, 6) is -0.551. The van der Waals surface area contributed by atoms with Crippen molar-refractivity contribution < 1.29 is 14.0 Å². The number of piperidine rings is 1. The molecule has 2 heterocycles. The van der Waals surface area contributed by atoms with E-state index in [-0.39, 0.29) is 23.3 Å². The number of benzene rings is 1. The van der Waals surface area contributed by atoms with Crippen LogP contribution in [0.25, 0.3) is 0 Å². The quantitative estimate of drug-likeness (QED) is 0.892. The highest BCUT2D eigenvalue weighted by Crippen LogP contribution is 2.17. The Bertz CT molecular complexity index is 602. The first-order chi connectivity index (χ1) is 11.7. The van der Waals surface area contributed by atoms with Crippen LogP contribution in [0.4, 0.5) is 4.39 Å². The first-order valence-electron chi connectivity index (χ1n) is 8.70. The van der Waals surface area contributed by atoms with Gasteiger partial charge in [-0.2, -0.15) is 0 Å². The van der Waals surface area contributed by atoms with Gasteiger partial charge in [0.05, 0.1) is 11.5 Å². The number of nitrogens with zero attached hydrogens (tertiary/aromatic N) is 2. The van der Waals surface area contributed by atoms with Gasteiger partial charge in [0, 0.05) is 32.7 Å². The first-order valence-corrected chi connectivity index (χ1v) is 8.70. The molecular formula is C18H24FN3O2. The number of hydrogen-bond acceptors (Lipinski definition) is 3. The minimum atomic E-state index is -0.493. The molecule has 2 aliphatic rings. The van der Waals surface area contributed by atoms with E-state index in [0.717, 1.165) is 32.4 Å². The largest absolute Gasteiger partial charge is 0.341 e. The zero-order valence-electron chi connectivity index (χ0n) is 13.8. The van der Waals surface area contributed by atoms with E-state index in [9.17, 15) is 14.0 Å². The summed E-state index contributed by atoms with van der Waals surface area (Å²) < 4.78 is 13.8. The molecule has 1 N–H and O–H groups in total. The Morgan fingerprint density at radius 1 is 1.04 bits per heavy atom. The van der Waals surface area contributed by atoms with Crippen LogP contribution in [-0.4, -0.2) is 60.9 Å². The van der Waals surface area contributed by atoms with Crippen molar-refractivity contribution in [3.63, 3.8) is 0 Å². The maximum Gasteiger partial charge on any atom is 0.256 e. The molecule has 0 aromatic heterocycles. The van der Waals surface area contributed by atoms with E-state index in [0.29, 0.717) is 26.2 Å². The standard InChI is InChI=1S/C18H24FN3O2/c19-16-7-2-1-6-15(16)18(24)22-10-4-9-21(11-12-22)17(23)14-5-3-8-20-13-14/h1-2,6-7,14,20H,3-5,8-13H2. The van der Waals surface area contributed by atoms with Gasteiger partial charge in [-0.05, 0) is 37.9 Å². The molecule has 5 nitrogen and oxygen atoms in total. The molecule has 1 atom stereocenters. The Kier molecular flexibility index (Phi) is 5.45. The molecule has 1 aromatic carbocycles. The van der Waals surface area contributed by atoms with Crippen LogP contribution in [-0.2, 0) is 4.79 Å². The average Bonchev–Trinajstić information content (AvgIpc) is 2.88. The zero-order valence-corrected chi connectivity index (χ0v) is 13.8. The summed E-state index contributed by atoms with van der Waals surface area (Å²) in [6, 6.07) is 6.06. The Morgan fingerprint density at radius 2 is 1.79 bits per heavy atom. The maximum absolute atomic E-state index is 13.8. The molecule has 24 heavy (non-hydrogen) atoms. The molecule has 0 bridgehead atoms. The number of nitrogens with one attached hydrogen (secondary N) is 1. The summed E-state index contributed by atoms with van der Waals surface area (Å²) in [5, 5.41) is 3.27. The number of rotatable bonds is 2. The number of halogens is 1. The highest BCUT2D eigenvalue weighted by molar-refractivity contribution is 5.94. The van der Waals surface area contributed by atoms with E-state index in [1.54, 1.807) is 17.0 Å². The van der Waals surface area contributed by atoms with E-state index < -0.39 is 5.82 Å². The lowest BCUT2D eigenvalue weighted by Crippen LogP contribution is -2.44. The molecule has 130 valence electrons. The van der Waals surface area contributed by atoms with E-state index in [4.69, 9.17) is 0 Å². The predicted molar refractivity (Wildman–Crippen MR) is 89.1 cm³/mol. The third kappa shape index (κ3) is 3.75. The molecule has 2 fully saturated rings. The number of amides is 2. The molecule has 0 saturated carbocycles. The van der Waals surface area contributed by atoms with Crippen molar-refractivity contribution in [3.05, 3.63) is 35.6 Å². The Balaban J connectivity index is 1.61. The molecule has 0 spiro atoms. The summed E-state index contributed by atoms with van der Waals surface area (Å²) in [6.45, 7) is 3.92. The second-order valence-electron chi connectivity index (χ2n) is 6.49. The molecule has 1 aromatic rings. The fraction of sp³-hybridized carbons (Fsp3) is 0.556. The fourth-order valence-corrected chi connectivity index (χ4v) is 3.47. The lowest BCUT2D eigenvalue weighted by molar-refractivity contribution is -0.135. The van der Waals surface area contributed by atoms with Gasteiger partial charge < -0.3 is 15.1 Å². The van der Waals surface area contributed by atoms with Crippen LogP contribution in [0, 0.1) is 11.7 Å². The van der Waals surface area contributed by atoms with Crippen molar-refractivity contribution in [2.75, 3.05) is 39.3 Å². The van der Waals surface area contributed by atoms with Gasteiger partial charge in [0.1, 0.15) is 5.82 Å². The number of carbonyl (C=O) groups is 2. The zero-order chi connectivity index (χ0) is 16.9. The van der Waals surface area contributed by atoms with Crippen molar-refractivity contribution in [2.24, 2.45) is 5.92 Å². The first kappa shape index (κ1) is 16.9. The molecule has 0 radical (unpaired) electrons. The minimum absolute atomic E-state index is 0.0487. The Hall–Kier alpha value is -1.95. The Labute approximate surface area is 141 Å². The van der Waals surface area contributed by atoms with Crippen LogP contribution in [0.15, 0.2) is 24.3 Å². The maximum atomic E-state index is 13.8. The lowest BCUT2D eigenvalue weighted by Gasteiger charge is -2.29. The topological polar surface area (TPSA) is 52.7 Å². The molecular weight excluding hydrogens is 309 g/mol. The van der Waals surface area contributed by atoms with Crippen molar-refractivity contribution in [3.8, 4) is 0 Å². The van der Waals surface area contributed by atoms with E-state index in [2.05, 4.69) is 5.32 Å². The second-order valence-corrected chi connectivity index (χ2v) is 6.49. The van der Waals surface area contributed by atoms with Gasteiger partial charge in [-0.15, -0.1) is 0 Å². The van der Waals surface area contributed by atoms with Crippen molar-refractivity contribution in [1.82, 2.24) is 15.1 Å². The van der Waals surface area contributed by atoms with Gasteiger partial charge in [-0.3, -0.25) is 9.59 Å². The molecule has 3 rings (SSSR count). The van der Waals surface area contributed by atoms with Crippen LogP contribution in [0.1, 0.15) is 29.6 Å². The summed E-state index contributed by atoms with van der Waals surface area (Å²) in [4.78, 5) is 28.7. The third-order valence-electron chi connectivity index (χ3n) is 4.85. The van der Waals surface area contributed by atoms with E-state index in [1.165, 1.54) is 12.1 Å². The van der Waals surface area contributed by atoms with Crippen LogP contribution < -0.4 is 5.32 Å². The molecule has 2 aliphatic heterocycles. The molecule has 1 unspecified atom stereocenters. The highest BCUT2D eigenvalue weighted by Gasteiger charge is 2.28. The molecule has 2 amide bonds. The third-order valence-corrected chi connectivity index (χ3v) is 4.85. The van der Waals surface area contributed by atoms with Gasteiger partial charge in [0.15, 0.2) is 0 Å². The van der Waals surface area contributed by atoms with E-state index >= 15 is 0 Å². The predicted octanol–water partition coefficient (Wildman–Crippen LogP) is 1.50. The monoisotopic (exact) mass is 333 g/mol. The summed E-state index contributed by atoms with van der Waals surface area (Å²) in [6.07, 6.45) is 2.69. The van der Waals surface area contributed by atoms with Crippen LogP contribution in [0.3, 0.4) is 0 Å². The molecule has 2 saturated heterocycles. The van der Waals surface area contributed by atoms with Gasteiger partial charge in [-0.1, -0.05) is 12.1 Å². The summed E-state index contributed by atoms with van der Waals surface area (Å²) in [5.41, 5.74) is 0.105. The van der Waals surface area contributed by atoms with Crippen LogP contribution in [0.2, 0.25) is 0 Å². The summed E-state index contributed by atoms with van der Waals surface area (Å²) in [7, 11) is 0. The van der Waals surface area contributed by atoms with Gasteiger partial charge in [0.2, 0.25) is 5.91 Å². The summed E-state index contributed by atoms with van der Waals surface area (Å²) >= 11 is 0. The fourth-order valence-electron chi connectivity index (χ4n) is 3.47. The van der Waals surface area contributed by atoms with Gasteiger partial charge >= 0.3 is 0 Å². The van der Waals surface area contributed by atoms with Crippen LogP contribution >= 0.6 is 0 Å². The van der Waals surface area contributed by atoms with Crippen molar-refractivity contribution in [1.29, 1.82) is 0 Å².